The molecule has 1 aromatic heterocycles. The molecule has 1 atom stereocenters. The number of halogens is 3. The number of alkyl halides is 3. The van der Waals surface area contributed by atoms with E-state index in [0.717, 1.165) is 29.1 Å². The molecule has 2 heterocycles. The molecule has 9 heteroatoms. The van der Waals surface area contributed by atoms with Crippen LogP contribution in [0, 0.1) is 0 Å². The Labute approximate surface area is 195 Å². The Hall–Kier alpha value is -3.75. The highest BCUT2D eigenvalue weighted by Crippen LogP contribution is 2.29. The molecule has 0 saturated carbocycles. The normalized spacial score (nSPS) is 15.6. The molecule has 1 amide bonds. The van der Waals surface area contributed by atoms with Crippen LogP contribution in [0.1, 0.15) is 33.7 Å². The van der Waals surface area contributed by atoms with E-state index in [4.69, 9.17) is 9.25 Å². The van der Waals surface area contributed by atoms with Gasteiger partial charge in [0.15, 0.2) is 11.9 Å². The summed E-state index contributed by atoms with van der Waals surface area (Å²) in [5, 5.41) is 4.20. The number of oxime groups is 1. The van der Waals surface area contributed by atoms with Gasteiger partial charge in [0.25, 0.3) is 5.91 Å². The number of nitrogens with zero attached hydrogens (tertiary/aromatic N) is 3. The van der Waals surface area contributed by atoms with Crippen LogP contribution >= 0.6 is 0 Å². The average Bonchev–Trinajstić information content (AvgIpc) is 3.51. The van der Waals surface area contributed by atoms with Crippen molar-refractivity contribution in [3.63, 3.8) is 0 Å². The van der Waals surface area contributed by atoms with Gasteiger partial charge in [0.05, 0.1) is 24.1 Å². The van der Waals surface area contributed by atoms with Crippen LogP contribution in [0.15, 0.2) is 76.5 Å². The molecule has 4 rings (SSSR count). The summed E-state index contributed by atoms with van der Waals surface area (Å²) in [4.78, 5) is 22.1. The van der Waals surface area contributed by atoms with Gasteiger partial charge >= 0.3 is 6.18 Å². The fraction of sp³-hybridized carbons (Fsp3) is 0.280. The number of hydrogen-bond donors (Lipinski definition) is 0. The molecule has 1 unspecified atom stereocenters. The lowest BCUT2D eigenvalue weighted by Crippen LogP contribution is -2.37. The summed E-state index contributed by atoms with van der Waals surface area (Å²) in [6.07, 6.45) is -2.92. The molecule has 0 N–H and O–H groups in total. The maximum absolute atomic E-state index is 13.0. The molecule has 2 aromatic carbocycles. The minimum absolute atomic E-state index is 0.102. The first kappa shape index (κ1) is 23.4. The Bertz CT molecular complexity index is 1140. The van der Waals surface area contributed by atoms with Gasteiger partial charge < -0.3 is 19.1 Å². The molecular weight excluding hydrogens is 447 g/mol. The van der Waals surface area contributed by atoms with Crippen LogP contribution in [0.2, 0.25) is 0 Å². The van der Waals surface area contributed by atoms with E-state index in [0.29, 0.717) is 12.0 Å². The average molecular weight is 471 g/mol. The Morgan fingerprint density at radius 2 is 1.76 bits per heavy atom. The van der Waals surface area contributed by atoms with Crippen molar-refractivity contribution in [1.29, 1.82) is 0 Å². The smallest absolute Gasteiger partial charge is 0.416 e. The van der Waals surface area contributed by atoms with Gasteiger partial charge in [0.1, 0.15) is 0 Å². The van der Waals surface area contributed by atoms with Gasteiger partial charge in [-0.2, -0.15) is 13.2 Å². The number of furan rings is 1. The van der Waals surface area contributed by atoms with E-state index in [9.17, 15) is 18.0 Å². The molecule has 0 fully saturated rings. The molecular formula is C25H24F3N3O3. The molecule has 34 heavy (non-hydrogen) atoms. The van der Waals surface area contributed by atoms with Crippen LogP contribution in [-0.4, -0.2) is 43.3 Å². The van der Waals surface area contributed by atoms with E-state index in [1.165, 1.54) is 23.3 Å². The molecule has 0 bridgehead atoms. The number of anilines is 1. The summed E-state index contributed by atoms with van der Waals surface area (Å²) in [6, 6.07) is 15.8. The zero-order valence-electron chi connectivity index (χ0n) is 18.7. The van der Waals surface area contributed by atoms with E-state index in [2.05, 4.69) is 5.16 Å². The zero-order valence-corrected chi connectivity index (χ0v) is 18.7. The predicted octanol–water partition coefficient (Wildman–Crippen LogP) is 5.20. The number of carbonyl (C=O) groups excluding carboxylic acids is 1. The van der Waals surface area contributed by atoms with Gasteiger partial charge in [0.2, 0.25) is 0 Å². The third-order valence-electron chi connectivity index (χ3n) is 5.55. The maximum atomic E-state index is 13.0. The quantitative estimate of drug-likeness (QED) is 0.475. The highest BCUT2D eigenvalue weighted by Gasteiger charge is 2.31. The first-order valence-corrected chi connectivity index (χ1v) is 10.7. The van der Waals surface area contributed by atoms with Gasteiger partial charge in [-0.15, -0.1) is 0 Å². The lowest BCUT2D eigenvalue weighted by molar-refractivity contribution is -0.137. The highest BCUT2D eigenvalue weighted by atomic mass is 19.4. The topological polar surface area (TPSA) is 58.3 Å². The minimum Gasteiger partial charge on any atom is -0.459 e. The van der Waals surface area contributed by atoms with E-state index < -0.39 is 17.8 Å². The molecule has 0 saturated heterocycles. The minimum atomic E-state index is -4.42. The SMILES string of the molecule is CN(C)c1ccc(C2=NOC(CN(Cc3ccc(C(F)(F)F)cc3)C(=O)c3ccco3)C2)cc1. The standard InChI is InChI=1S/C25H24F3N3O3/c1-30(2)20-11-7-18(8-12-20)22-14-21(34-29-22)16-31(24(32)23-4-3-13-33-23)15-17-5-9-19(10-6-17)25(26,27)28/h3-13,21H,14-16H2,1-2H3. The van der Waals surface area contributed by atoms with E-state index in [1.54, 1.807) is 12.1 Å². The Morgan fingerprint density at radius 1 is 1.06 bits per heavy atom. The van der Waals surface area contributed by atoms with Crippen molar-refractivity contribution in [2.45, 2.75) is 25.2 Å². The highest BCUT2D eigenvalue weighted by molar-refractivity contribution is 6.01. The fourth-order valence-electron chi connectivity index (χ4n) is 3.69. The molecule has 0 spiro atoms. The van der Waals surface area contributed by atoms with Gasteiger partial charge in [-0.25, -0.2) is 0 Å². The molecule has 178 valence electrons. The number of benzene rings is 2. The van der Waals surface area contributed by atoms with Crippen molar-refractivity contribution < 1.29 is 27.2 Å². The summed E-state index contributed by atoms with van der Waals surface area (Å²) in [5.41, 5.74) is 2.59. The molecule has 1 aliphatic rings. The van der Waals surface area contributed by atoms with Crippen LogP contribution in [0.3, 0.4) is 0 Å². The number of hydrogen-bond acceptors (Lipinski definition) is 5. The second kappa shape index (κ2) is 9.62. The largest absolute Gasteiger partial charge is 0.459 e. The van der Waals surface area contributed by atoms with Gasteiger partial charge in [-0.05, 0) is 47.5 Å². The summed E-state index contributed by atoms with van der Waals surface area (Å²) in [5.74, 6) is -0.234. The number of carbonyl (C=O) groups is 1. The number of amides is 1. The van der Waals surface area contributed by atoms with Gasteiger partial charge in [-0.3, -0.25) is 4.79 Å². The molecule has 3 aromatic rings. The second-order valence-corrected chi connectivity index (χ2v) is 8.27. The van der Waals surface area contributed by atoms with E-state index >= 15 is 0 Å². The second-order valence-electron chi connectivity index (χ2n) is 8.27. The zero-order chi connectivity index (χ0) is 24.3. The Morgan fingerprint density at radius 3 is 2.35 bits per heavy atom. The molecule has 6 nitrogen and oxygen atoms in total. The lowest BCUT2D eigenvalue weighted by atomic mass is 10.0. The van der Waals surface area contributed by atoms with Crippen LogP contribution < -0.4 is 4.90 Å². The molecule has 0 aliphatic carbocycles. The van der Waals surface area contributed by atoms with Gasteiger partial charge in [0, 0.05) is 32.7 Å². The van der Waals surface area contributed by atoms with Crippen molar-refractivity contribution in [2.24, 2.45) is 5.16 Å². The Kier molecular flexibility index (Phi) is 6.63. The monoisotopic (exact) mass is 471 g/mol. The summed E-state index contributed by atoms with van der Waals surface area (Å²) in [6.45, 7) is 0.299. The first-order valence-electron chi connectivity index (χ1n) is 10.7. The van der Waals surface area contributed by atoms with Crippen molar-refractivity contribution in [1.82, 2.24) is 4.90 Å². The van der Waals surface area contributed by atoms with Gasteiger partial charge in [-0.1, -0.05) is 29.4 Å². The molecule has 1 aliphatic heterocycles. The van der Waals surface area contributed by atoms with Crippen LogP contribution in [0.5, 0.6) is 0 Å². The van der Waals surface area contributed by atoms with Crippen LogP contribution in [-0.2, 0) is 17.6 Å². The third-order valence-corrected chi connectivity index (χ3v) is 5.55. The van der Waals surface area contributed by atoms with Crippen LogP contribution in [0.4, 0.5) is 18.9 Å². The van der Waals surface area contributed by atoms with Crippen LogP contribution in [0.25, 0.3) is 0 Å². The predicted molar refractivity (Wildman–Crippen MR) is 122 cm³/mol. The molecule has 0 radical (unpaired) electrons. The maximum Gasteiger partial charge on any atom is 0.416 e. The summed E-state index contributed by atoms with van der Waals surface area (Å²) >= 11 is 0. The fourth-order valence-corrected chi connectivity index (χ4v) is 3.69. The van der Waals surface area contributed by atoms with Crippen molar-refractivity contribution >= 4 is 17.3 Å². The van der Waals surface area contributed by atoms with Crippen molar-refractivity contribution in [3.8, 4) is 0 Å². The van der Waals surface area contributed by atoms with E-state index in [1.807, 2.05) is 43.3 Å². The van der Waals surface area contributed by atoms with Crippen molar-refractivity contribution in [2.75, 3.05) is 25.5 Å². The first-order chi connectivity index (χ1) is 16.2. The lowest BCUT2D eigenvalue weighted by Gasteiger charge is -2.24. The van der Waals surface area contributed by atoms with E-state index in [-0.39, 0.29) is 24.8 Å². The Balaban J connectivity index is 1.46. The summed E-state index contributed by atoms with van der Waals surface area (Å²) in [7, 11) is 3.92. The van der Waals surface area contributed by atoms with Crippen molar-refractivity contribution in [3.05, 3.63) is 89.4 Å². The number of rotatable bonds is 7. The summed E-state index contributed by atoms with van der Waals surface area (Å²) < 4.78 is 43.9. The third kappa shape index (κ3) is 5.41.